The second-order valence-corrected chi connectivity index (χ2v) is 13.1. The van der Waals surface area contributed by atoms with Crippen LogP contribution >= 0.6 is 0 Å². The molecule has 4 heteroatoms. The van der Waals surface area contributed by atoms with E-state index in [-0.39, 0.29) is 0 Å². The van der Waals surface area contributed by atoms with Gasteiger partial charge < -0.3 is 0 Å². The van der Waals surface area contributed by atoms with Crippen molar-refractivity contribution in [3.05, 3.63) is 182 Å². The quantitative estimate of drug-likeness (QED) is 0.172. The molecule has 2 aromatic heterocycles. The van der Waals surface area contributed by atoms with E-state index in [2.05, 4.69) is 121 Å². The predicted molar refractivity (Wildman–Crippen MR) is 215 cm³/mol. The smallest absolute Gasteiger partial charge is 0.164 e. The standard InChI is InChI=1S/C48H30N4/c1-3-15-32(16-4-1)46-50-47(33-17-5-2-6-18-33)52-48(51-46)37-21-13-20-36(29-37)45-42-30-41(35-27-26-31-14-7-8-19-34(31)28-35)38-22-9-10-23-39(38)44(42)40-24-11-12-25-43(40)49-45/h1-30H. The lowest BCUT2D eigenvalue weighted by atomic mass is 9.89. The zero-order valence-electron chi connectivity index (χ0n) is 28.1. The van der Waals surface area contributed by atoms with Crippen LogP contribution in [0, 0.1) is 0 Å². The number of hydrogen-bond acceptors (Lipinski definition) is 4. The Morgan fingerprint density at radius 1 is 0.288 bits per heavy atom. The highest BCUT2D eigenvalue weighted by atomic mass is 15.0. The maximum atomic E-state index is 5.38. The largest absolute Gasteiger partial charge is 0.247 e. The second kappa shape index (κ2) is 12.4. The molecule has 0 aliphatic rings. The fourth-order valence-corrected chi connectivity index (χ4v) is 7.37. The predicted octanol–water partition coefficient (Wildman–Crippen LogP) is 12.2. The fraction of sp³-hybridized carbons (Fsp3) is 0. The molecule has 0 N–H and O–H groups in total. The van der Waals surface area contributed by atoms with Gasteiger partial charge in [-0.2, -0.15) is 0 Å². The van der Waals surface area contributed by atoms with Crippen LogP contribution in [0.3, 0.4) is 0 Å². The van der Waals surface area contributed by atoms with Crippen LogP contribution < -0.4 is 0 Å². The molecule has 0 amide bonds. The van der Waals surface area contributed by atoms with Crippen molar-refractivity contribution in [3.8, 4) is 56.5 Å². The Balaban J connectivity index is 1.22. The fourth-order valence-electron chi connectivity index (χ4n) is 7.37. The molecule has 0 radical (unpaired) electrons. The summed E-state index contributed by atoms with van der Waals surface area (Å²) in [6.45, 7) is 0. The molecule has 2 heterocycles. The van der Waals surface area contributed by atoms with Crippen molar-refractivity contribution in [2.75, 3.05) is 0 Å². The van der Waals surface area contributed by atoms with E-state index in [0.717, 1.165) is 44.2 Å². The van der Waals surface area contributed by atoms with Crippen molar-refractivity contribution in [2.45, 2.75) is 0 Å². The van der Waals surface area contributed by atoms with Crippen LogP contribution in [0.15, 0.2) is 182 Å². The number of hydrogen-bond donors (Lipinski definition) is 0. The van der Waals surface area contributed by atoms with Gasteiger partial charge in [0.05, 0.1) is 11.2 Å². The number of rotatable bonds is 5. The Kier molecular flexibility index (Phi) is 7.10. The highest BCUT2D eigenvalue weighted by Gasteiger charge is 2.18. The third kappa shape index (κ3) is 5.17. The van der Waals surface area contributed by atoms with E-state index >= 15 is 0 Å². The van der Waals surface area contributed by atoms with Crippen molar-refractivity contribution in [1.29, 1.82) is 0 Å². The SMILES string of the molecule is c1ccc(-c2nc(-c3ccccc3)nc(-c3cccc(-c4nc5ccccc5c5c4cc(-c4ccc6ccccc6c4)c4ccccc45)c3)n2)cc1. The van der Waals surface area contributed by atoms with Gasteiger partial charge >= 0.3 is 0 Å². The highest BCUT2D eigenvalue weighted by molar-refractivity contribution is 6.25. The summed E-state index contributed by atoms with van der Waals surface area (Å²) >= 11 is 0. The van der Waals surface area contributed by atoms with Crippen LogP contribution in [0.1, 0.15) is 0 Å². The average Bonchev–Trinajstić information content (AvgIpc) is 3.23. The van der Waals surface area contributed by atoms with E-state index < -0.39 is 0 Å². The number of pyridine rings is 1. The third-order valence-corrected chi connectivity index (χ3v) is 9.86. The van der Waals surface area contributed by atoms with E-state index in [4.69, 9.17) is 19.9 Å². The summed E-state index contributed by atoms with van der Waals surface area (Å²) in [5.41, 5.74) is 8.01. The zero-order chi connectivity index (χ0) is 34.4. The molecular formula is C48H30N4. The first-order valence-electron chi connectivity index (χ1n) is 17.5. The minimum Gasteiger partial charge on any atom is -0.247 e. The summed E-state index contributed by atoms with van der Waals surface area (Å²) in [5.74, 6) is 1.88. The van der Waals surface area contributed by atoms with Crippen LogP contribution in [-0.4, -0.2) is 19.9 Å². The minimum atomic E-state index is 0.613. The molecule has 0 unspecified atom stereocenters. The molecule has 8 aromatic carbocycles. The van der Waals surface area contributed by atoms with Crippen molar-refractivity contribution < 1.29 is 0 Å². The summed E-state index contributed by atoms with van der Waals surface area (Å²) in [5, 5.41) is 8.30. The lowest BCUT2D eigenvalue weighted by Crippen LogP contribution is -2.00. The van der Waals surface area contributed by atoms with Crippen LogP contribution in [0.25, 0.3) is 99.8 Å². The molecule has 0 saturated heterocycles. The summed E-state index contributed by atoms with van der Waals surface area (Å²) in [7, 11) is 0. The van der Waals surface area contributed by atoms with Crippen molar-refractivity contribution in [2.24, 2.45) is 0 Å². The molecule has 10 rings (SSSR count). The van der Waals surface area contributed by atoms with E-state index in [1.807, 2.05) is 60.7 Å². The molecule has 0 saturated carbocycles. The van der Waals surface area contributed by atoms with Gasteiger partial charge in [0, 0.05) is 38.4 Å². The average molecular weight is 663 g/mol. The maximum Gasteiger partial charge on any atom is 0.164 e. The molecule has 0 spiro atoms. The maximum absolute atomic E-state index is 5.38. The number of para-hydroxylation sites is 1. The summed E-state index contributed by atoms with van der Waals surface area (Å²) in [6, 6.07) is 63.5. The van der Waals surface area contributed by atoms with Crippen molar-refractivity contribution in [3.63, 3.8) is 0 Å². The zero-order valence-corrected chi connectivity index (χ0v) is 28.1. The van der Waals surface area contributed by atoms with Crippen LogP contribution in [-0.2, 0) is 0 Å². The molecule has 0 fully saturated rings. The van der Waals surface area contributed by atoms with E-state index in [0.29, 0.717) is 17.5 Å². The molecule has 0 aliphatic carbocycles. The first kappa shape index (κ1) is 29.8. The monoisotopic (exact) mass is 662 g/mol. The Labute approximate surface area is 300 Å². The van der Waals surface area contributed by atoms with Gasteiger partial charge in [-0.3, -0.25) is 0 Å². The molecule has 10 aromatic rings. The number of nitrogens with zero attached hydrogens (tertiary/aromatic N) is 4. The van der Waals surface area contributed by atoms with Gasteiger partial charge in [-0.05, 0) is 56.9 Å². The van der Waals surface area contributed by atoms with Gasteiger partial charge in [0.15, 0.2) is 17.5 Å². The molecule has 0 bridgehead atoms. The molecule has 242 valence electrons. The van der Waals surface area contributed by atoms with Crippen LogP contribution in [0.4, 0.5) is 0 Å². The summed E-state index contributed by atoms with van der Waals surface area (Å²) in [6.07, 6.45) is 0. The molecule has 0 aliphatic heterocycles. The van der Waals surface area contributed by atoms with Crippen LogP contribution in [0.2, 0.25) is 0 Å². The lowest BCUT2D eigenvalue weighted by Gasteiger charge is -2.17. The normalized spacial score (nSPS) is 11.5. The summed E-state index contributed by atoms with van der Waals surface area (Å²) < 4.78 is 0. The topological polar surface area (TPSA) is 51.6 Å². The van der Waals surface area contributed by atoms with Crippen LogP contribution in [0.5, 0.6) is 0 Å². The second-order valence-electron chi connectivity index (χ2n) is 13.1. The first-order chi connectivity index (χ1) is 25.8. The molecule has 52 heavy (non-hydrogen) atoms. The number of benzene rings is 8. The van der Waals surface area contributed by atoms with Gasteiger partial charge in [-0.1, -0.05) is 158 Å². The van der Waals surface area contributed by atoms with Gasteiger partial charge in [-0.25, -0.2) is 19.9 Å². The van der Waals surface area contributed by atoms with Gasteiger partial charge in [0.2, 0.25) is 0 Å². The van der Waals surface area contributed by atoms with Crippen molar-refractivity contribution in [1.82, 2.24) is 19.9 Å². The third-order valence-electron chi connectivity index (χ3n) is 9.86. The first-order valence-corrected chi connectivity index (χ1v) is 17.5. The number of aromatic nitrogens is 4. The Hall–Kier alpha value is -7.04. The van der Waals surface area contributed by atoms with E-state index in [1.54, 1.807) is 0 Å². The Morgan fingerprint density at radius 3 is 1.58 bits per heavy atom. The number of fused-ring (bicyclic) bond motifs is 6. The molecule has 4 nitrogen and oxygen atoms in total. The van der Waals surface area contributed by atoms with Gasteiger partial charge in [0.25, 0.3) is 0 Å². The van der Waals surface area contributed by atoms with E-state index in [9.17, 15) is 0 Å². The molecule has 0 atom stereocenters. The van der Waals surface area contributed by atoms with Gasteiger partial charge in [0.1, 0.15) is 0 Å². The Bertz CT molecular complexity index is 2900. The van der Waals surface area contributed by atoms with E-state index in [1.165, 1.54) is 38.1 Å². The summed E-state index contributed by atoms with van der Waals surface area (Å²) in [4.78, 5) is 20.3. The highest BCUT2D eigenvalue weighted by Crippen LogP contribution is 2.42. The Morgan fingerprint density at radius 2 is 0.846 bits per heavy atom. The van der Waals surface area contributed by atoms with Crippen molar-refractivity contribution >= 4 is 43.2 Å². The lowest BCUT2D eigenvalue weighted by molar-refractivity contribution is 1.07. The minimum absolute atomic E-state index is 0.613. The van der Waals surface area contributed by atoms with Gasteiger partial charge in [-0.15, -0.1) is 0 Å². The molecular weight excluding hydrogens is 633 g/mol.